The van der Waals surface area contributed by atoms with Gasteiger partial charge < -0.3 is 29.9 Å². The van der Waals surface area contributed by atoms with Gasteiger partial charge in [-0.3, -0.25) is 0 Å². The SMILES string of the molecule is C#C.CC(C)(O)O[C@H]1CC(O)[C@@H](O)OC1CO. The predicted molar refractivity (Wildman–Crippen MR) is 59.7 cm³/mol. The Balaban J connectivity index is 0.00000121. The monoisotopic (exact) mass is 248 g/mol. The minimum absolute atomic E-state index is 0.108. The van der Waals surface area contributed by atoms with Crippen molar-refractivity contribution in [2.75, 3.05) is 6.61 Å². The zero-order valence-electron chi connectivity index (χ0n) is 9.98. The largest absolute Gasteiger partial charge is 0.394 e. The molecule has 0 spiro atoms. The molecule has 0 amide bonds. The molecule has 0 bridgehead atoms. The Bertz CT molecular complexity index is 234. The molecule has 100 valence electrons. The fraction of sp³-hybridized carbons (Fsp3) is 0.818. The van der Waals surface area contributed by atoms with E-state index in [1.807, 2.05) is 0 Å². The van der Waals surface area contributed by atoms with E-state index in [0.717, 1.165) is 0 Å². The predicted octanol–water partition coefficient (Wildman–Crippen LogP) is -1.19. The minimum atomic E-state index is -1.37. The van der Waals surface area contributed by atoms with Gasteiger partial charge in [0.2, 0.25) is 0 Å². The van der Waals surface area contributed by atoms with E-state index in [2.05, 4.69) is 12.8 Å². The lowest BCUT2D eigenvalue weighted by molar-refractivity contribution is -0.299. The first kappa shape index (κ1) is 16.3. The topological polar surface area (TPSA) is 99.4 Å². The molecule has 6 heteroatoms. The first-order valence-corrected chi connectivity index (χ1v) is 5.19. The van der Waals surface area contributed by atoms with Crippen LogP contribution in [0.3, 0.4) is 0 Å². The highest BCUT2D eigenvalue weighted by Crippen LogP contribution is 2.24. The van der Waals surface area contributed by atoms with E-state index < -0.39 is 30.4 Å². The first-order valence-electron chi connectivity index (χ1n) is 5.19. The van der Waals surface area contributed by atoms with Gasteiger partial charge in [0, 0.05) is 6.42 Å². The van der Waals surface area contributed by atoms with E-state index in [0.29, 0.717) is 0 Å². The van der Waals surface area contributed by atoms with Crippen molar-refractivity contribution in [1.82, 2.24) is 0 Å². The van der Waals surface area contributed by atoms with Crippen molar-refractivity contribution < 1.29 is 29.9 Å². The molecular formula is C11H20O6. The zero-order valence-corrected chi connectivity index (χ0v) is 9.98. The summed E-state index contributed by atoms with van der Waals surface area (Å²) in [6.45, 7) is 2.54. The molecule has 1 fully saturated rings. The maximum Gasteiger partial charge on any atom is 0.181 e. The number of rotatable bonds is 3. The molecule has 2 unspecified atom stereocenters. The van der Waals surface area contributed by atoms with Crippen LogP contribution in [0.4, 0.5) is 0 Å². The van der Waals surface area contributed by atoms with Crippen molar-refractivity contribution >= 4 is 0 Å². The Morgan fingerprint density at radius 3 is 2.29 bits per heavy atom. The van der Waals surface area contributed by atoms with Gasteiger partial charge in [0.15, 0.2) is 12.1 Å². The number of ether oxygens (including phenoxy) is 2. The van der Waals surface area contributed by atoms with Crippen LogP contribution in [0.15, 0.2) is 0 Å². The van der Waals surface area contributed by atoms with E-state index in [-0.39, 0.29) is 13.0 Å². The molecule has 0 aliphatic carbocycles. The summed E-state index contributed by atoms with van der Waals surface area (Å²) < 4.78 is 10.1. The van der Waals surface area contributed by atoms with E-state index in [4.69, 9.17) is 14.6 Å². The summed E-state index contributed by atoms with van der Waals surface area (Å²) in [5.74, 6) is -1.37. The number of hydrogen-bond acceptors (Lipinski definition) is 6. The molecule has 1 heterocycles. The third-order valence-corrected chi connectivity index (χ3v) is 2.15. The standard InChI is InChI=1S/C9H18O6.C2H2/c1-9(2,13)15-6-3-5(11)8(12)14-7(6)4-10;1-2/h5-8,10-13H,3-4H2,1-2H3;1-2H/t5?,6-,7?,8-;/m0./s1. The van der Waals surface area contributed by atoms with Crippen molar-refractivity contribution in [3.63, 3.8) is 0 Å². The number of hydrogen-bond donors (Lipinski definition) is 4. The summed E-state index contributed by atoms with van der Waals surface area (Å²) in [7, 11) is 0. The van der Waals surface area contributed by atoms with Crippen molar-refractivity contribution in [3.8, 4) is 12.8 Å². The first-order chi connectivity index (χ1) is 7.83. The third-order valence-electron chi connectivity index (χ3n) is 2.15. The van der Waals surface area contributed by atoms with Crippen LogP contribution in [-0.2, 0) is 9.47 Å². The second-order valence-electron chi connectivity index (χ2n) is 4.15. The summed E-state index contributed by atoms with van der Waals surface area (Å²) >= 11 is 0. The number of aliphatic hydroxyl groups excluding tert-OH is 3. The highest BCUT2D eigenvalue weighted by molar-refractivity contribution is 4.82. The Morgan fingerprint density at radius 2 is 1.88 bits per heavy atom. The number of terminal acetylenes is 1. The molecule has 1 rings (SSSR count). The smallest absolute Gasteiger partial charge is 0.181 e. The Kier molecular flexibility index (Phi) is 6.64. The lowest BCUT2D eigenvalue weighted by Crippen LogP contribution is -2.51. The van der Waals surface area contributed by atoms with E-state index in [9.17, 15) is 15.3 Å². The average molecular weight is 248 g/mol. The molecule has 4 atom stereocenters. The van der Waals surface area contributed by atoms with Gasteiger partial charge >= 0.3 is 0 Å². The molecule has 4 N–H and O–H groups in total. The normalized spacial score (nSPS) is 33.6. The van der Waals surface area contributed by atoms with E-state index in [1.54, 1.807) is 0 Å². The average Bonchev–Trinajstić information content (AvgIpc) is 2.24. The maximum atomic E-state index is 9.43. The van der Waals surface area contributed by atoms with Gasteiger partial charge in [0.1, 0.15) is 12.2 Å². The van der Waals surface area contributed by atoms with Crippen molar-refractivity contribution in [3.05, 3.63) is 0 Å². The minimum Gasteiger partial charge on any atom is -0.394 e. The number of aliphatic hydroxyl groups is 4. The van der Waals surface area contributed by atoms with Gasteiger partial charge in [-0.1, -0.05) is 0 Å². The summed E-state index contributed by atoms with van der Waals surface area (Å²) in [4.78, 5) is 0. The third kappa shape index (κ3) is 5.46. The highest BCUT2D eigenvalue weighted by atomic mass is 16.7. The maximum absolute atomic E-state index is 9.43. The quantitative estimate of drug-likeness (QED) is 0.370. The van der Waals surface area contributed by atoms with Crippen molar-refractivity contribution in [1.29, 1.82) is 0 Å². The van der Waals surface area contributed by atoms with E-state index in [1.165, 1.54) is 13.8 Å². The van der Waals surface area contributed by atoms with Crippen LogP contribution in [0.1, 0.15) is 20.3 Å². The summed E-state index contributed by atoms with van der Waals surface area (Å²) in [5, 5.41) is 36.9. The van der Waals surface area contributed by atoms with Gasteiger partial charge in [0.25, 0.3) is 0 Å². The van der Waals surface area contributed by atoms with E-state index >= 15 is 0 Å². The molecule has 0 saturated carbocycles. The van der Waals surface area contributed by atoms with Crippen LogP contribution in [-0.4, -0.2) is 57.4 Å². The van der Waals surface area contributed by atoms with Crippen molar-refractivity contribution in [2.24, 2.45) is 0 Å². The lowest BCUT2D eigenvalue weighted by Gasteiger charge is -2.38. The molecule has 0 radical (unpaired) electrons. The molecule has 1 aliphatic heterocycles. The van der Waals surface area contributed by atoms with Gasteiger partial charge in [-0.05, 0) is 13.8 Å². The summed E-state index contributed by atoms with van der Waals surface area (Å²) in [6.07, 6.45) is 4.34. The Labute approximate surface area is 101 Å². The summed E-state index contributed by atoms with van der Waals surface area (Å²) in [6, 6.07) is 0. The second-order valence-corrected chi connectivity index (χ2v) is 4.15. The van der Waals surface area contributed by atoms with Gasteiger partial charge in [-0.2, -0.15) is 0 Å². The fourth-order valence-electron chi connectivity index (χ4n) is 1.52. The lowest BCUT2D eigenvalue weighted by atomic mass is 10.0. The highest BCUT2D eigenvalue weighted by Gasteiger charge is 2.38. The van der Waals surface area contributed by atoms with Crippen LogP contribution >= 0.6 is 0 Å². The van der Waals surface area contributed by atoms with Crippen LogP contribution < -0.4 is 0 Å². The Morgan fingerprint density at radius 1 is 1.35 bits per heavy atom. The van der Waals surface area contributed by atoms with Crippen LogP contribution in [0.25, 0.3) is 0 Å². The summed E-state index contributed by atoms with van der Waals surface area (Å²) in [5.41, 5.74) is 0. The van der Waals surface area contributed by atoms with Crippen LogP contribution in [0.2, 0.25) is 0 Å². The molecule has 0 aromatic heterocycles. The zero-order chi connectivity index (χ0) is 13.6. The van der Waals surface area contributed by atoms with Crippen LogP contribution in [0, 0.1) is 12.8 Å². The van der Waals surface area contributed by atoms with Crippen LogP contribution in [0.5, 0.6) is 0 Å². The Hall–Kier alpha value is -0.680. The van der Waals surface area contributed by atoms with Gasteiger partial charge in [-0.25, -0.2) is 0 Å². The molecular weight excluding hydrogens is 228 g/mol. The molecule has 1 saturated heterocycles. The molecule has 0 aromatic rings. The molecule has 1 aliphatic rings. The second kappa shape index (κ2) is 6.91. The molecule has 6 nitrogen and oxygen atoms in total. The van der Waals surface area contributed by atoms with Gasteiger partial charge in [-0.15, -0.1) is 12.8 Å². The molecule has 17 heavy (non-hydrogen) atoms. The fourth-order valence-corrected chi connectivity index (χ4v) is 1.52. The van der Waals surface area contributed by atoms with Gasteiger partial charge in [0.05, 0.1) is 12.7 Å². The molecule has 0 aromatic carbocycles. The van der Waals surface area contributed by atoms with Crippen molar-refractivity contribution in [2.45, 2.75) is 50.7 Å².